The Morgan fingerprint density at radius 2 is 1.62 bits per heavy atom. The number of nitrogens with one attached hydrogen (secondary N) is 2. The number of carboxylic acid groups (broad SMARTS) is 2. The second-order valence-corrected chi connectivity index (χ2v) is 6.33. The molecule has 29 heavy (non-hydrogen) atoms. The van der Waals surface area contributed by atoms with Crippen LogP contribution in [0.3, 0.4) is 0 Å². The van der Waals surface area contributed by atoms with Crippen molar-refractivity contribution in [2.24, 2.45) is 5.92 Å². The first kappa shape index (κ1) is 22.4. The quantitative estimate of drug-likeness (QED) is 0.266. The number of aliphatic hydroxyl groups excluding tert-OH is 3. The SMILES string of the molecule is CNC(=O)Nc1ccc(O[C@H]2OC(CC(C(=O)O)C(=O)O)[C@@H](O)C(O)C2O)cc1. The minimum absolute atomic E-state index is 0.173. The zero-order valence-electron chi connectivity index (χ0n) is 15.3. The Hall–Kier alpha value is -2.93. The molecule has 1 fully saturated rings. The van der Waals surface area contributed by atoms with E-state index in [0.29, 0.717) is 5.69 Å². The molecule has 0 radical (unpaired) electrons. The Morgan fingerprint density at radius 1 is 1.03 bits per heavy atom. The van der Waals surface area contributed by atoms with Crippen LogP contribution in [0.5, 0.6) is 5.75 Å². The molecule has 7 N–H and O–H groups in total. The molecule has 5 atom stereocenters. The highest BCUT2D eigenvalue weighted by atomic mass is 16.7. The summed E-state index contributed by atoms with van der Waals surface area (Å²) in [7, 11) is 1.45. The normalized spacial score (nSPS) is 26.6. The van der Waals surface area contributed by atoms with Crippen molar-refractivity contribution in [1.29, 1.82) is 0 Å². The molecule has 1 aromatic rings. The fourth-order valence-electron chi connectivity index (χ4n) is 2.69. The average Bonchev–Trinajstić information content (AvgIpc) is 2.68. The predicted molar refractivity (Wildman–Crippen MR) is 95.2 cm³/mol. The van der Waals surface area contributed by atoms with Crippen molar-refractivity contribution in [2.75, 3.05) is 12.4 Å². The minimum atomic E-state index is -1.88. The Bertz CT molecular complexity index is 726. The Labute approximate surface area is 164 Å². The van der Waals surface area contributed by atoms with Gasteiger partial charge in [-0.1, -0.05) is 0 Å². The molecule has 1 aliphatic rings. The van der Waals surface area contributed by atoms with Crippen LogP contribution in [0.4, 0.5) is 10.5 Å². The van der Waals surface area contributed by atoms with Crippen LogP contribution in [0.25, 0.3) is 0 Å². The molecule has 1 saturated heterocycles. The maximum atomic E-state index is 11.3. The van der Waals surface area contributed by atoms with Crippen LogP contribution in [0, 0.1) is 5.92 Å². The van der Waals surface area contributed by atoms with Crippen molar-refractivity contribution in [1.82, 2.24) is 5.32 Å². The molecular formula is C17H22N2O10. The van der Waals surface area contributed by atoms with Gasteiger partial charge in [0.05, 0.1) is 6.10 Å². The van der Waals surface area contributed by atoms with Gasteiger partial charge in [0.25, 0.3) is 0 Å². The smallest absolute Gasteiger partial charge is 0.318 e. The van der Waals surface area contributed by atoms with E-state index < -0.39 is 61.0 Å². The highest BCUT2D eigenvalue weighted by Crippen LogP contribution is 2.28. The largest absolute Gasteiger partial charge is 0.481 e. The number of anilines is 1. The van der Waals surface area contributed by atoms with Crippen LogP contribution in [0.1, 0.15) is 6.42 Å². The first-order chi connectivity index (χ1) is 13.6. The molecule has 0 saturated carbocycles. The van der Waals surface area contributed by atoms with Gasteiger partial charge >= 0.3 is 18.0 Å². The lowest BCUT2D eigenvalue weighted by Crippen LogP contribution is -2.59. The first-order valence-corrected chi connectivity index (χ1v) is 8.54. The Morgan fingerprint density at radius 3 is 2.14 bits per heavy atom. The van der Waals surface area contributed by atoms with E-state index in [0.717, 1.165) is 0 Å². The van der Waals surface area contributed by atoms with Crippen molar-refractivity contribution < 1.29 is 49.4 Å². The zero-order chi connectivity index (χ0) is 21.7. The van der Waals surface area contributed by atoms with E-state index in [-0.39, 0.29) is 5.75 Å². The van der Waals surface area contributed by atoms with Crippen molar-refractivity contribution in [3.8, 4) is 5.75 Å². The third kappa shape index (κ3) is 5.54. The molecule has 0 spiro atoms. The number of urea groups is 1. The fourth-order valence-corrected chi connectivity index (χ4v) is 2.69. The molecule has 3 unspecified atom stereocenters. The van der Waals surface area contributed by atoms with Crippen LogP contribution in [0.2, 0.25) is 0 Å². The van der Waals surface area contributed by atoms with Gasteiger partial charge < -0.3 is 45.6 Å². The lowest BCUT2D eigenvalue weighted by Gasteiger charge is -2.40. The first-order valence-electron chi connectivity index (χ1n) is 8.54. The summed E-state index contributed by atoms with van der Waals surface area (Å²) in [5, 5.41) is 53.0. The van der Waals surface area contributed by atoms with E-state index >= 15 is 0 Å². The molecule has 2 rings (SSSR count). The number of carboxylic acids is 2. The summed E-state index contributed by atoms with van der Waals surface area (Å²) in [5.41, 5.74) is 0.445. The summed E-state index contributed by atoms with van der Waals surface area (Å²) < 4.78 is 10.8. The number of amides is 2. The molecular weight excluding hydrogens is 392 g/mol. The number of aliphatic carboxylic acids is 2. The Kier molecular flexibility index (Phi) is 7.34. The van der Waals surface area contributed by atoms with Crippen LogP contribution < -0.4 is 15.4 Å². The van der Waals surface area contributed by atoms with Gasteiger partial charge in [-0.2, -0.15) is 0 Å². The topological polar surface area (TPSA) is 195 Å². The third-order valence-electron chi connectivity index (χ3n) is 4.32. The summed E-state index contributed by atoms with van der Waals surface area (Å²) in [5.74, 6) is -4.98. The predicted octanol–water partition coefficient (Wildman–Crippen LogP) is -1.20. The van der Waals surface area contributed by atoms with Gasteiger partial charge in [0.2, 0.25) is 6.29 Å². The second-order valence-electron chi connectivity index (χ2n) is 6.33. The summed E-state index contributed by atoms with van der Waals surface area (Å²) in [6.45, 7) is 0. The number of hydrogen-bond acceptors (Lipinski definition) is 8. The third-order valence-corrected chi connectivity index (χ3v) is 4.32. The highest BCUT2D eigenvalue weighted by Gasteiger charge is 2.47. The van der Waals surface area contributed by atoms with Crippen LogP contribution >= 0.6 is 0 Å². The molecule has 0 aromatic heterocycles. The number of rotatable bonds is 7. The summed E-state index contributed by atoms with van der Waals surface area (Å²) >= 11 is 0. The van der Waals surface area contributed by atoms with Crippen molar-refractivity contribution in [3.63, 3.8) is 0 Å². The van der Waals surface area contributed by atoms with E-state index in [4.69, 9.17) is 19.7 Å². The fraction of sp³-hybridized carbons (Fsp3) is 0.471. The van der Waals surface area contributed by atoms with E-state index in [1.165, 1.54) is 31.3 Å². The standard InChI is InChI=1S/C17H22N2O10/c1-18-17(27)19-7-2-4-8(5-3-7)28-16-13(22)12(21)11(20)10(29-16)6-9(14(23)24)15(25)26/h2-5,9-13,16,20-22H,6H2,1H3,(H,23,24)(H,25,26)(H2,18,19,27)/t10?,11-,12?,13?,16+/m1/s1. The van der Waals surface area contributed by atoms with Crippen LogP contribution in [-0.4, -0.2) is 81.3 Å². The monoisotopic (exact) mass is 414 g/mol. The molecule has 0 bridgehead atoms. The lowest BCUT2D eigenvalue weighted by molar-refractivity contribution is -0.275. The molecule has 1 aromatic carbocycles. The van der Waals surface area contributed by atoms with E-state index in [9.17, 15) is 29.7 Å². The van der Waals surface area contributed by atoms with Gasteiger partial charge in [-0.15, -0.1) is 0 Å². The van der Waals surface area contributed by atoms with Crippen LogP contribution in [-0.2, 0) is 14.3 Å². The van der Waals surface area contributed by atoms with Gasteiger partial charge in [0.15, 0.2) is 5.92 Å². The van der Waals surface area contributed by atoms with Gasteiger partial charge in [-0.3, -0.25) is 9.59 Å². The van der Waals surface area contributed by atoms with Gasteiger partial charge in [0.1, 0.15) is 24.1 Å². The summed E-state index contributed by atoms with van der Waals surface area (Å²) in [4.78, 5) is 33.4. The van der Waals surface area contributed by atoms with E-state index in [1.807, 2.05) is 0 Å². The Balaban J connectivity index is 2.10. The maximum Gasteiger partial charge on any atom is 0.318 e. The molecule has 0 aliphatic carbocycles. The molecule has 1 heterocycles. The minimum Gasteiger partial charge on any atom is -0.481 e. The van der Waals surface area contributed by atoms with Crippen molar-refractivity contribution >= 4 is 23.7 Å². The van der Waals surface area contributed by atoms with Crippen LogP contribution in [0.15, 0.2) is 24.3 Å². The number of benzene rings is 1. The highest BCUT2D eigenvalue weighted by molar-refractivity contribution is 5.92. The molecule has 160 valence electrons. The lowest BCUT2D eigenvalue weighted by atomic mass is 9.91. The maximum absolute atomic E-state index is 11.3. The number of hydrogen-bond donors (Lipinski definition) is 7. The van der Waals surface area contributed by atoms with E-state index in [1.54, 1.807) is 0 Å². The average molecular weight is 414 g/mol. The second kappa shape index (κ2) is 9.52. The molecule has 12 nitrogen and oxygen atoms in total. The molecule has 2 amide bonds. The van der Waals surface area contributed by atoms with Crippen molar-refractivity contribution in [3.05, 3.63) is 24.3 Å². The number of carbonyl (C=O) groups excluding carboxylic acids is 1. The van der Waals surface area contributed by atoms with Gasteiger partial charge in [-0.25, -0.2) is 4.79 Å². The molecule has 1 aliphatic heterocycles. The van der Waals surface area contributed by atoms with Gasteiger partial charge in [0, 0.05) is 19.2 Å². The van der Waals surface area contributed by atoms with E-state index in [2.05, 4.69) is 10.6 Å². The zero-order valence-corrected chi connectivity index (χ0v) is 15.3. The van der Waals surface area contributed by atoms with Crippen molar-refractivity contribution in [2.45, 2.75) is 37.1 Å². The van der Waals surface area contributed by atoms with Gasteiger partial charge in [-0.05, 0) is 24.3 Å². The summed E-state index contributed by atoms with van der Waals surface area (Å²) in [6.07, 6.45) is -8.71. The molecule has 12 heteroatoms. The number of carbonyl (C=O) groups is 3. The number of ether oxygens (including phenoxy) is 2. The summed E-state index contributed by atoms with van der Waals surface area (Å²) in [6, 6.07) is 5.42. The number of aliphatic hydroxyl groups is 3.